The number of phenolic OH excluding ortho intramolecular Hbond substituents is 1. The lowest BCUT2D eigenvalue weighted by atomic mass is 10.1. The van der Waals surface area contributed by atoms with Gasteiger partial charge in [0.15, 0.2) is 5.65 Å². The molecule has 0 fully saturated rings. The first kappa shape index (κ1) is 9.65. The molecule has 0 aliphatic heterocycles. The van der Waals surface area contributed by atoms with Crippen molar-refractivity contribution in [1.82, 2.24) is 14.6 Å². The lowest BCUT2D eigenvalue weighted by Gasteiger charge is -2.02. The molecule has 5 nitrogen and oxygen atoms in total. The molecule has 17 heavy (non-hydrogen) atoms. The van der Waals surface area contributed by atoms with Gasteiger partial charge in [-0.25, -0.2) is 9.50 Å². The van der Waals surface area contributed by atoms with E-state index in [1.54, 1.807) is 35.1 Å². The number of aromatic amines is 1. The van der Waals surface area contributed by atoms with Crippen molar-refractivity contribution in [2.24, 2.45) is 0 Å². The summed E-state index contributed by atoms with van der Waals surface area (Å²) in [5.41, 5.74) is 2.04. The molecule has 2 N–H and O–H groups in total. The second kappa shape index (κ2) is 3.48. The predicted octanol–water partition coefficient (Wildman–Crippen LogP) is 1.40. The number of hydrogen-bond donors (Lipinski definition) is 2. The number of nitrogens with zero attached hydrogens (tertiary/aromatic N) is 2. The molecule has 2 heterocycles. The van der Waals surface area contributed by atoms with Crippen molar-refractivity contribution >= 4 is 5.65 Å². The molecule has 0 spiro atoms. The van der Waals surface area contributed by atoms with E-state index in [0.29, 0.717) is 5.65 Å². The van der Waals surface area contributed by atoms with Gasteiger partial charge in [0, 0.05) is 24.0 Å². The zero-order valence-electron chi connectivity index (χ0n) is 8.79. The number of hydrogen-bond acceptors (Lipinski definition) is 3. The van der Waals surface area contributed by atoms with Gasteiger partial charge in [0.25, 0.3) is 5.56 Å². The van der Waals surface area contributed by atoms with Crippen molar-refractivity contribution in [3.8, 4) is 16.9 Å². The molecule has 3 rings (SSSR count). The molecule has 0 aliphatic rings. The SMILES string of the molecule is O=c1cc2ncc(-c3cccc(O)c3)cn2[nH]1. The molecule has 0 amide bonds. The quantitative estimate of drug-likeness (QED) is 0.660. The van der Waals surface area contributed by atoms with Crippen LogP contribution in [0.25, 0.3) is 16.8 Å². The van der Waals surface area contributed by atoms with E-state index in [1.807, 2.05) is 6.07 Å². The van der Waals surface area contributed by atoms with Crippen LogP contribution in [-0.2, 0) is 0 Å². The fourth-order valence-electron chi connectivity index (χ4n) is 1.74. The Hall–Kier alpha value is -2.56. The van der Waals surface area contributed by atoms with Gasteiger partial charge in [0.1, 0.15) is 5.75 Å². The Labute approximate surface area is 96.0 Å². The van der Waals surface area contributed by atoms with Gasteiger partial charge in [-0.15, -0.1) is 0 Å². The second-order valence-corrected chi connectivity index (χ2v) is 3.74. The topological polar surface area (TPSA) is 70.4 Å². The van der Waals surface area contributed by atoms with E-state index in [2.05, 4.69) is 10.1 Å². The number of benzene rings is 1. The summed E-state index contributed by atoms with van der Waals surface area (Å²) in [6.07, 6.45) is 3.43. The maximum Gasteiger partial charge on any atom is 0.266 e. The summed E-state index contributed by atoms with van der Waals surface area (Å²) < 4.78 is 1.56. The van der Waals surface area contributed by atoms with E-state index in [0.717, 1.165) is 11.1 Å². The summed E-state index contributed by atoms with van der Waals surface area (Å²) >= 11 is 0. The van der Waals surface area contributed by atoms with E-state index < -0.39 is 0 Å². The van der Waals surface area contributed by atoms with Crippen molar-refractivity contribution in [3.63, 3.8) is 0 Å². The Balaban J connectivity index is 2.20. The average molecular weight is 227 g/mol. The third kappa shape index (κ3) is 1.67. The monoisotopic (exact) mass is 227 g/mol. The van der Waals surface area contributed by atoms with Crippen LogP contribution in [0.2, 0.25) is 0 Å². The molecule has 0 bridgehead atoms. The van der Waals surface area contributed by atoms with E-state index in [1.165, 1.54) is 6.07 Å². The van der Waals surface area contributed by atoms with Gasteiger partial charge in [-0.1, -0.05) is 12.1 Å². The lowest BCUT2D eigenvalue weighted by molar-refractivity contribution is 0.475. The van der Waals surface area contributed by atoms with Crippen LogP contribution in [0.4, 0.5) is 0 Å². The van der Waals surface area contributed by atoms with Gasteiger partial charge in [0.05, 0.1) is 0 Å². The molecule has 0 aliphatic carbocycles. The van der Waals surface area contributed by atoms with Crippen LogP contribution in [0.5, 0.6) is 5.75 Å². The number of aromatic hydroxyl groups is 1. The van der Waals surface area contributed by atoms with Gasteiger partial charge < -0.3 is 5.11 Å². The first-order chi connectivity index (χ1) is 8.22. The van der Waals surface area contributed by atoms with Crippen molar-refractivity contribution < 1.29 is 5.11 Å². The number of H-pyrrole nitrogens is 1. The molecule has 0 radical (unpaired) electrons. The number of aromatic nitrogens is 3. The Kier molecular flexibility index (Phi) is 1.98. The maximum absolute atomic E-state index is 11.1. The van der Waals surface area contributed by atoms with E-state index in [-0.39, 0.29) is 11.3 Å². The Morgan fingerprint density at radius 1 is 1.24 bits per heavy atom. The third-order valence-electron chi connectivity index (χ3n) is 2.52. The minimum atomic E-state index is -0.189. The largest absolute Gasteiger partial charge is 0.508 e. The fourth-order valence-corrected chi connectivity index (χ4v) is 1.74. The van der Waals surface area contributed by atoms with Crippen LogP contribution in [0.1, 0.15) is 0 Å². The van der Waals surface area contributed by atoms with E-state index in [4.69, 9.17) is 0 Å². The smallest absolute Gasteiger partial charge is 0.266 e. The summed E-state index contributed by atoms with van der Waals surface area (Å²) in [5, 5.41) is 12.0. The summed E-state index contributed by atoms with van der Waals surface area (Å²) in [6.45, 7) is 0. The van der Waals surface area contributed by atoms with Crippen LogP contribution in [0, 0.1) is 0 Å². The number of phenols is 1. The standard InChI is InChI=1S/C12H9N3O2/c16-10-3-1-2-8(4-10)9-6-13-11-5-12(17)14-15(11)7-9/h1-7,16H,(H,14,17). The highest BCUT2D eigenvalue weighted by atomic mass is 16.3. The third-order valence-corrected chi connectivity index (χ3v) is 2.52. The van der Waals surface area contributed by atoms with Crippen LogP contribution in [0.15, 0.2) is 47.5 Å². The summed E-state index contributed by atoms with van der Waals surface area (Å²) in [7, 11) is 0. The number of fused-ring (bicyclic) bond motifs is 1. The van der Waals surface area contributed by atoms with Gasteiger partial charge in [-0.3, -0.25) is 9.89 Å². The molecule has 84 valence electrons. The molecule has 0 atom stereocenters. The Morgan fingerprint density at radius 3 is 2.94 bits per heavy atom. The van der Waals surface area contributed by atoms with Gasteiger partial charge in [-0.2, -0.15) is 0 Å². The predicted molar refractivity (Wildman–Crippen MR) is 62.9 cm³/mol. The minimum absolute atomic E-state index is 0.189. The number of rotatable bonds is 1. The zero-order chi connectivity index (χ0) is 11.8. The second-order valence-electron chi connectivity index (χ2n) is 3.74. The van der Waals surface area contributed by atoms with Gasteiger partial charge in [0.2, 0.25) is 0 Å². The number of nitrogens with one attached hydrogen (secondary N) is 1. The highest BCUT2D eigenvalue weighted by molar-refractivity contribution is 5.64. The van der Waals surface area contributed by atoms with E-state index in [9.17, 15) is 9.90 Å². The van der Waals surface area contributed by atoms with Gasteiger partial charge in [-0.05, 0) is 17.7 Å². The van der Waals surface area contributed by atoms with Crippen LogP contribution >= 0.6 is 0 Å². The molecule has 1 aromatic carbocycles. The van der Waals surface area contributed by atoms with Crippen LogP contribution in [-0.4, -0.2) is 19.7 Å². The van der Waals surface area contributed by atoms with E-state index >= 15 is 0 Å². The van der Waals surface area contributed by atoms with Crippen LogP contribution < -0.4 is 5.56 Å². The molecule has 0 saturated heterocycles. The Morgan fingerprint density at radius 2 is 2.12 bits per heavy atom. The van der Waals surface area contributed by atoms with Gasteiger partial charge >= 0.3 is 0 Å². The fraction of sp³-hybridized carbons (Fsp3) is 0. The summed E-state index contributed by atoms with van der Waals surface area (Å²) in [4.78, 5) is 15.3. The van der Waals surface area contributed by atoms with Crippen molar-refractivity contribution in [2.75, 3.05) is 0 Å². The molecule has 5 heteroatoms. The molecule has 2 aromatic heterocycles. The van der Waals surface area contributed by atoms with Crippen molar-refractivity contribution in [3.05, 3.63) is 53.1 Å². The molecular formula is C12H9N3O2. The molecule has 0 unspecified atom stereocenters. The first-order valence-electron chi connectivity index (χ1n) is 5.09. The summed E-state index contributed by atoms with van der Waals surface area (Å²) in [6, 6.07) is 8.29. The van der Waals surface area contributed by atoms with Crippen LogP contribution in [0.3, 0.4) is 0 Å². The highest BCUT2D eigenvalue weighted by Gasteiger charge is 2.02. The minimum Gasteiger partial charge on any atom is -0.508 e. The zero-order valence-corrected chi connectivity index (χ0v) is 8.79. The lowest BCUT2D eigenvalue weighted by Crippen LogP contribution is -1.98. The molecule has 3 aromatic rings. The average Bonchev–Trinajstić information content (AvgIpc) is 2.68. The summed E-state index contributed by atoms with van der Waals surface area (Å²) in [5.74, 6) is 0.198. The molecular weight excluding hydrogens is 218 g/mol. The normalized spacial score (nSPS) is 10.8. The first-order valence-corrected chi connectivity index (χ1v) is 5.09. The maximum atomic E-state index is 11.1. The highest BCUT2D eigenvalue weighted by Crippen LogP contribution is 2.22. The van der Waals surface area contributed by atoms with Crippen molar-refractivity contribution in [1.29, 1.82) is 0 Å². The Bertz CT molecular complexity index is 743. The van der Waals surface area contributed by atoms with Crippen molar-refractivity contribution in [2.45, 2.75) is 0 Å². The molecule has 0 saturated carbocycles.